The molecule has 1 aromatic rings. The predicted molar refractivity (Wildman–Crippen MR) is 56.6 cm³/mol. The molecule has 0 radical (unpaired) electrons. The molecule has 70 valence electrons. The normalized spacial score (nSPS) is 10.1. The first-order valence-corrected chi connectivity index (χ1v) is 5.31. The SMILES string of the molecule is Nc1cc(F)c(Br)cc1C(=O)CBr. The highest BCUT2D eigenvalue weighted by molar-refractivity contribution is 9.10. The molecule has 0 saturated carbocycles. The number of alkyl halides is 1. The Kier molecular flexibility index (Phi) is 3.44. The van der Waals surface area contributed by atoms with Gasteiger partial charge in [-0.2, -0.15) is 0 Å². The van der Waals surface area contributed by atoms with Crippen LogP contribution in [0.1, 0.15) is 10.4 Å². The summed E-state index contributed by atoms with van der Waals surface area (Å²) in [7, 11) is 0. The maximum absolute atomic E-state index is 12.9. The molecular formula is C8H6Br2FNO. The fourth-order valence-electron chi connectivity index (χ4n) is 0.876. The van der Waals surface area contributed by atoms with Crippen LogP contribution in [0.3, 0.4) is 0 Å². The highest BCUT2D eigenvalue weighted by atomic mass is 79.9. The molecule has 13 heavy (non-hydrogen) atoms. The molecule has 0 amide bonds. The van der Waals surface area contributed by atoms with Gasteiger partial charge in [0, 0.05) is 11.3 Å². The van der Waals surface area contributed by atoms with Gasteiger partial charge in [0.1, 0.15) is 5.82 Å². The largest absolute Gasteiger partial charge is 0.398 e. The molecule has 5 heteroatoms. The van der Waals surface area contributed by atoms with E-state index in [1.807, 2.05) is 0 Å². The van der Waals surface area contributed by atoms with Crippen LogP contribution in [0.5, 0.6) is 0 Å². The number of carbonyl (C=O) groups is 1. The first-order valence-electron chi connectivity index (χ1n) is 3.40. The smallest absolute Gasteiger partial charge is 0.175 e. The van der Waals surface area contributed by atoms with Crippen molar-refractivity contribution < 1.29 is 9.18 Å². The molecule has 0 aromatic heterocycles. The van der Waals surface area contributed by atoms with E-state index in [1.165, 1.54) is 6.07 Å². The number of nitrogen functional groups attached to an aromatic ring is 1. The van der Waals surface area contributed by atoms with E-state index in [1.54, 1.807) is 0 Å². The van der Waals surface area contributed by atoms with Gasteiger partial charge in [-0.05, 0) is 28.1 Å². The summed E-state index contributed by atoms with van der Waals surface area (Å²) in [6, 6.07) is 2.51. The summed E-state index contributed by atoms with van der Waals surface area (Å²) in [5, 5.41) is 0.176. The average molecular weight is 311 g/mol. The van der Waals surface area contributed by atoms with E-state index in [2.05, 4.69) is 31.9 Å². The standard InChI is InChI=1S/C8H6Br2FNO/c9-3-8(13)4-1-5(10)6(11)2-7(4)12/h1-2H,3,12H2. The fraction of sp³-hybridized carbons (Fsp3) is 0.125. The van der Waals surface area contributed by atoms with Crippen molar-refractivity contribution >= 4 is 43.3 Å². The van der Waals surface area contributed by atoms with Crippen molar-refractivity contribution in [1.29, 1.82) is 0 Å². The fourth-order valence-corrected chi connectivity index (χ4v) is 1.52. The zero-order valence-electron chi connectivity index (χ0n) is 6.48. The van der Waals surface area contributed by atoms with Gasteiger partial charge in [-0.1, -0.05) is 15.9 Å². The van der Waals surface area contributed by atoms with Crippen molar-refractivity contribution in [3.8, 4) is 0 Å². The summed E-state index contributed by atoms with van der Waals surface area (Å²) in [5.41, 5.74) is 5.95. The van der Waals surface area contributed by atoms with Crippen LogP contribution in [0.4, 0.5) is 10.1 Å². The van der Waals surface area contributed by atoms with Crippen molar-refractivity contribution in [2.75, 3.05) is 11.1 Å². The lowest BCUT2D eigenvalue weighted by Crippen LogP contribution is -2.05. The Morgan fingerprint density at radius 3 is 2.69 bits per heavy atom. The molecule has 0 saturated heterocycles. The van der Waals surface area contributed by atoms with Gasteiger partial charge in [-0.25, -0.2) is 4.39 Å². The Morgan fingerprint density at radius 1 is 1.54 bits per heavy atom. The van der Waals surface area contributed by atoms with Crippen molar-refractivity contribution in [2.24, 2.45) is 0 Å². The Bertz CT molecular complexity index is 354. The maximum atomic E-state index is 12.9. The Labute approximate surface area is 91.6 Å². The molecule has 2 N–H and O–H groups in total. The van der Waals surface area contributed by atoms with Gasteiger partial charge < -0.3 is 5.73 Å². The number of halogens is 3. The molecule has 0 aliphatic rings. The zero-order chi connectivity index (χ0) is 10.0. The number of carbonyl (C=O) groups excluding carboxylic acids is 1. The van der Waals surface area contributed by atoms with Gasteiger partial charge in [0.15, 0.2) is 5.78 Å². The molecule has 0 aliphatic carbocycles. The molecule has 0 atom stereocenters. The van der Waals surface area contributed by atoms with Crippen LogP contribution in [0.25, 0.3) is 0 Å². The maximum Gasteiger partial charge on any atom is 0.175 e. The molecule has 1 rings (SSSR count). The monoisotopic (exact) mass is 309 g/mol. The number of anilines is 1. The molecule has 0 bridgehead atoms. The van der Waals surface area contributed by atoms with Gasteiger partial charge in [0.2, 0.25) is 0 Å². The van der Waals surface area contributed by atoms with Crippen molar-refractivity contribution in [2.45, 2.75) is 0 Å². The van der Waals surface area contributed by atoms with E-state index in [4.69, 9.17) is 5.73 Å². The van der Waals surface area contributed by atoms with Gasteiger partial charge in [0.05, 0.1) is 9.80 Å². The number of hydrogen-bond donors (Lipinski definition) is 1. The molecule has 0 aliphatic heterocycles. The van der Waals surface area contributed by atoms with Gasteiger partial charge in [0.25, 0.3) is 0 Å². The first kappa shape index (κ1) is 10.7. The van der Waals surface area contributed by atoms with Crippen LogP contribution >= 0.6 is 31.9 Å². The quantitative estimate of drug-likeness (QED) is 0.518. The summed E-state index contributed by atoms with van der Waals surface area (Å²) in [6.07, 6.45) is 0. The van der Waals surface area contributed by atoms with Crippen molar-refractivity contribution in [1.82, 2.24) is 0 Å². The third-order valence-electron chi connectivity index (χ3n) is 1.51. The second kappa shape index (κ2) is 4.19. The third kappa shape index (κ3) is 2.28. The number of hydrogen-bond acceptors (Lipinski definition) is 2. The molecule has 0 fully saturated rings. The van der Waals surface area contributed by atoms with Crippen molar-refractivity contribution in [3.05, 3.63) is 28.0 Å². The first-order chi connectivity index (χ1) is 6.06. The molecule has 0 heterocycles. The van der Waals surface area contributed by atoms with E-state index in [0.29, 0.717) is 5.56 Å². The number of nitrogens with two attached hydrogens (primary N) is 1. The average Bonchev–Trinajstić information content (AvgIpc) is 2.10. The highest BCUT2D eigenvalue weighted by Crippen LogP contribution is 2.23. The molecule has 0 unspecified atom stereocenters. The number of rotatable bonds is 2. The second-order valence-electron chi connectivity index (χ2n) is 2.41. The molecule has 1 aromatic carbocycles. The van der Waals surface area contributed by atoms with Gasteiger partial charge >= 0.3 is 0 Å². The van der Waals surface area contributed by atoms with E-state index < -0.39 is 5.82 Å². The molecular weight excluding hydrogens is 305 g/mol. The van der Waals surface area contributed by atoms with Crippen LogP contribution in [0, 0.1) is 5.82 Å². The zero-order valence-corrected chi connectivity index (χ0v) is 9.65. The minimum atomic E-state index is -0.469. The van der Waals surface area contributed by atoms with Gasteiger partial charge in [-0.3, -0.25) is 4.79 Å². The summed E-state index contributed by atoms with van der Waals surface area (Å²) >= 11 is 5.99. The lowest BCUT2D eigenvalue weighted by atomic mass is 10.1. The van der Waals surface area contributed by atoms with E-state index >= 15 is 0 Å². The second-order valence-corrected chi connectivity index (χ2v) is 3.83. The molecule has 0 spiro atoms. The Balaban J connectivity index is 3.23. The lowest BCUT2D eigenvalue weighted by Gasteiger charge is -2.03. The molecule has 2 nitrogen and oxygen atoms in total. The number of Topliss-reactive ketones (excluding diaryl/α,β-unsaturated/α-hetero) is 1. The highest BCUT2D eigenvalue weighted by Gasteiger charge is 2.11. The summed E-state index contributed by atoms with van der Waals surface area (Å²) in [4.78, 5) is 11.2. The van der Waals surface area contributed by atoms with Gasteiger partial charge in [-0.15, -0.1) is 0 Å². The van der Waals surface area contributed by atoms with Crippen LogP contribution in [-0.2, 0) is 0 Å². The predicted octanol–water partition coefficient (Wildman–Crippen LogP) is 2.75. The van der Waals surface area contributed by atoms with Crippen LogP contribution in [0.2, 0.25) is 0 Å². The third-order valence-corrected chi connectivity index (χ3v) is 2.63. The summed E-state index contributed by atoms with van der Waals surface area (Å²) in [5.74, 6) is -0.637. The number of benzene rings is 1. The van der Waals surface area contributed by atoms with E-state index in [-0.39, 0.29) is 21.3 Å². The summed E-state index contributed by atoms with van der Waals surface area (Å²) < 4.78 is 13.1. The lowest BCUT2D eigenvalue weighted by molar-refractivity contribution is 0.102. The topological polar surface area (TPSA) is 43.1 Å². The van der Waals surface area contributed by atoms with Crippen molar-refractivity contribution in [3.63, 3.8) is 0 Å². The minimum absolute atomic E-state index is 0.158. The van der Waals surface area contributed by atoms with E-state index in [9.17, 15) is 9.18 Å². The summed E-state index contributed by atoms with van der Waals surface area (Å²) in [6.45, 7) is 0. The van der Waals surface area contributed by atoms with E-state index in [0.717, 1.165) is 6.07 Å². The van der Waals surface area contributed by atoms with Crippen LogP contribution < -0.4 is 5.73 Å². The Hall–Kier alpha value is -0.420. The minimum Gasteiger partial charge on any atom is -0.398 e. The number of ketones is 1. The Morgan fingerprint density at radius 2 is 2.15 bits per heavy atom. The van der Waals surface area contributed by atoms with Crippen LogP contribution in [-0.4, -0.2) is 11.1 Å². The van der Waals surface area contributed by atoms with Crippen LogP contribution in [0.15, 0.2) is 16.6 Å².